The average molecular weight is 633 g/mol. The van der Waals surface area contributed by atoms with Crippen molar-refractivity contribution in [1.29, 1.82) is 0 Å². The topological polar surface area (TPSA) is 176 Å². The first kappa shape index (κ1) is 29.9. The first-order chi connectivity index (χ1) is 22.0. The van der Waals surface area contributed by atoms with Gasteiger partial charge < -0.3 is 29.5 Å². The third-order valence-electron chi connectivity index (χ3n) is 8.25. The molecule has 3 N–H and O–H groups in total. The molecule has 0 amide bonds. The van der Waals surface area contributed by atoms with E-state index in [1.54, 1.807) is 34.2 Å². The Morgan fingerprint density at radius 3 is 2.40 bits per heavy atom. The van der Waals surface area contributed by atoms with Crippen molar-refractivity contribution in [2.24, 2.45) is 0 Å². The number of aliphatic hydroxyl groups is 3. The number of thioether (sulfide) groups is 1. The quantitative estimate of drug-likeness (QED) is 0.225. The van der Waals surface area contributed by atoms with Crippen molar-refractivity contribution in [3.05, 3.63) is 73.3 Å². The normalized spacial score (nSPS) is 28.8. The first-order valence-electron chi connectivity index (χ1n) is 14.5. The van der Waals surface area contributed by atoms with Crippen molar-refractivity contribution in [1.82, 2.24) is 40.0 Å². The summed E-state index contributed by atoms with van der Waals surface area (Å²) >= 11 is 1.33. The van der Waals surface area contributed by atoms with E-state index in [4.69, 9.17) is 14.2 Å². The van der Waals surface area contributed by atoms with Gasteiger partial charge in [0.25, 0.3) is 0 Å². The highest BCUT2D eigenvalue weighted by atomic mass is 32.2. The average Bonchev–Trinajstić information content (AvgIpc) is 3.77. The maximum atomic E-state index is 11.5. The second-order valence-corrected chi connectivity index (χ2v) is 12.3. The van der Waals surface area contributed by atoms with E-state index in [9.17, 15) is 15.3 Å². The zero-order valence-corrected chi connectivity index (χ0v) is 25.0. The van der Waals surface area contributed by atoms with E-state index < -0.39 is 53.8 Å². The number of benzene rings is 2. The summed E-state index contributed by atoms with van der Waals surface area (Å²) in [6.45, 7) is 0.0928. The van der Waals surface area contributed by atoms with Crippen LogP contribution in [0.4, 0.5) is 0 Å². The Bertz CT molecular complexity index is 1740. The number of fused-ring (bicyclic) bond motifs is 1. The van der Waals surface area contributed by atoms with Crippen molar-refractivity contribution in [2.45, 2.75) is 47.2 Å². The molecule has 0 unspecified atom stereocenters. The Kier molecular flexibility index (Phi) is 8.55. The van der Waals surface area contributed by atoms with Crippen LogP contribution in [0.5, 0.6) is 0 Å². The predicted molar refractivity (Wildman–Crippen MR) is 163 cm³/mol. The van der Waals surface area contributed by atoms with Crippen LogP contribution >= 0.6 is 11.8 Å². The van der Waals surface area contributed by atoms with Crippen LogP contribution in [0.15, 0.2) is 73.3 Å². The standard InChI is InChI=1S/C30H32N8O6S/c1-42-29-26(38-13-22(34-36-38)18-7-8-19-20(11-18)32-10-9-31-19)28(41)24(14-39)44-30(29)45-25-16-43-15-23(27(25)40)37-12-21(33-35-37)17-5-3-2-4-6-17/h2-13,23-30,39-41H,14-16H2,1H3/t23-,24+,25+,26-,27+,28-,29+,30-/m0/s1. The smallest absolute Gasteiger partial charge is 0.132 e. The van der Waals surface area contributed by atoms with Gasteiger partial charge in [-0.3, -0.25) is 9.97 Å². The highest BCUT2D eigenvalue weighted by Crippen LogP contribution is 2.41. The molecule has 3 aromatic heterocycles. The SMILES string of the molecule is CO[C@@H]1[C@@H](n2cc(-c3ccc4nccnc4c3)nn2)[C@@H](O)[C@@H](CO)O[C@H]1S[C@@H]1COC[C@H](n2cc(-c3ccccc3)nn2)[C@H]1O. The van der Waals surface area contributed by atoms with Gasteiger partial charge in [-0.25, -0.2) is 9.36 Å². The molecule has 15 heteroatoms. The van der Waals surface area contributed by atoms with Gasteiger partial charge >= 0.3 is 0 Å². The Morgan fingerprint density at radius 2 is 1.62 bits per heavy atom. The van der Waals surface area contributed by atoms with Gasteiger partial charge in [0.2, 0.25) is 0 Å². The predicted octanol–water partition coefficient (Wildman–Crippen LogP) is 1.52. The van der Waals surface area contributed by atoms with Gasteiger partial charge in [0.05, 0.1) is 54.6 Å². The lowest BCUT2D eigenvalue weighted by Gasteiger charge is -2.45. The number of aliphatic hydroxyl groups excluding tert-OH is 3. The Balaban J connectivity index is 1.11. The van der Waals surface area contributed by atoms with E-state index in [2.05, 4.69) is 30.6 Å². The summed E-state index contributed by atoms with van der Waals surface area (Å²) in [5, 5.41) is 49.8. The summed E-state index contributed by atoms with van der Waals surface area (Å²) in [7, 11) is 1.53. The van der Waals surface area contributed by atoms with Gasteiger partial charge in [-0.15, -0.1) is 22.0 Å². The number of rotatable bonds is 8. The van der Waals surface area contributed by atoms with E-state index in [1.807, 2.05) is 48.5 Å². The van der Waals surface area contributed by atoms with Crippen LogP contribution in [0.1, 0.15) is 12.1 Å². The van der Waals surface area contributed by atoms with Crippen LogP contribution < -0.4 is 0 Å². The molecule has 45 heavy (non-hydrogen) atoms. The monoisotopic (exact) mass is 632 g/mol. The molecule has 2 fully saturated rings. The fourth-order valence-electron chi connectivity index (χ4n) is 5.86. The summed E-state index contributed by atoms with van der Waals surface area (Å²) in [6.07, 6.45) is 3.13. The maximum Gasteiger partial charge on any atom is 0.132 e. The van der Waals surface area contributed by atoms with Crippen molar-refractivity contribution >= 4 is 22.8 Å². The van der Waals surface area contributed by atoms with E-state index in [1.165, 1.54) is 18.9 Å². The largest absolute Gasteiger partial charge is 0.394 e. The first-order valence-corrected chi connectivity index (χ1v) is 15.5. The van der Waals surface area contributed by atoms with E-state index in [-0.39, 0.29) is 13.2 Å². The van der Waals surface area contributed by atoms with E-state index >= 15 is 0 Å². The number of aromatic nitrogens is 8. The third kappa shape index (κ3) is 5.83. The minimum atomic E-state index is -1.15. The van der Waals surface area contributed by atoms with Gasteiger partial charge in [0, 0.05) is 30.6 Å². The van der Waals surface area contributed by atoms with E-state index in [0.29, 0.717) is 11.4 Å². The second kappa shape index (κ2) is 12.9. The third-order valence-corrected chi connectivity index (χ3v) is 9.66. The number of ether oxygens (including phenoxy) is 3. The van der Waals surface area contributed by atoms with Gasteiger partial charge in [0.1, 0.15) is 47.2 Å². The minimum Gasteiger partial charge on any atom is -0.394 e. The van der Waals surface area contributed by atoms with Crippen molar-refractivity contribution in [3.8, 4) is 22.5 Å². The molecule has 14 nitrogen and oxygen atoms in total. The molecule has 0 radical (unpaired) electrons. The van der Waals surface area contributed by atoms with Crippen molar-refractivity contribution in [2.75, 3.05) is 26.9 Å². The molecule has 8 atom stereocenters. The zero-order chi connectivity index (χ0) is 30.9. The van der Waals surface area contributed by atoms with Crippen molar-refractivity contribution in [3.63, 3.8) is 0 Å². The molecule has 0 spiro atoms. The molecule has 2 saturated heterocycles. The molecule has 0 aliphatic carbocycles. The lowest BCUT2D eigenvalue weighted by Crippen LogP contribution is -2.56. The summed E-state index contributed by atoms with van der Waals surface area (Å²) < 4.78 is 21.2. The second-order valence-electron chi connectivity index (χ2n) is 11.0. The number of hydrogen-bond acceptors (Lipinski definition) is 13. The Labute approximate surface area is 262 Å². The molecule has 5 heterocycles. The zero-order valence-electron chi connectivity index (χ0n) is 24.2. The molecular weight excluding hydrogens is 600 g/mol. The van der Waals surface area contributed by atoms with Crippen LogP contribution in [0.25, 0.3) is 33.5 Å². The van der Waals surface area contributed by atoms with Crippen LogP contribution in [-0.4, -0.2) is 117 Å². The molecular formula is C30H32N8O6S. The molecule has 5 aromatic rings. The van der Waals surface area contributed by atoms with Gasteiger partial charge in [-0.05, 0) is 12.1 Å². The van der Waals surface area contributed by atoms with Crippen molar-refractivity contribution < 1.29 is 29.5 Å². The number of nitrogens with zero attached hydrogens (tertiary/aromatic N) is 8. The van der Waals surface area contributed by atoms with Crippen LogP contribution in [0, 0.1) is 0 Å². The van der Waals surface area contributed by atoms with Gasteiger partial charge in [-0.1, -0.05) is 46.8 Å². The molecule has 7 rings (SSSR count). The van der Waals surface area contributed by atoms with Gasteiger partial charge in [0.15, 0.2) is 0 Å². The Morgan fingerprint density at radius 1 is 0.889 bits per heavy atom. The minimum absolute atomic E-state index is 0.258. The maximum absolute atomic E-state index is 11.5. The molecule has 2 aromatic carbocycles. The van der Waals surface area contributed by atoms with E-state index in [0.717, 1.165) is 22.2 Å². The fourth-order valence-corrected chi connectivity index (χ4v) is 7.35. The highest BCUT2D eigenvalue weighted by Gasteiger charge is 2.49. The molecule has 0 bridgehead atoms. The highest BCUT2D eigenvalue weighted by molar-refractivity contribution is 8.00. The Hall–Kier alpha value is -3.83. The number of hydrogen-bond donors (Lipinski definition) is 3. The molecule has 234 valence electrons. The summed E-state index contributed by atoms with van der Waals surface area (Å²) in [5.74, 6) is 0. The van der Waals surface area contributed by atoms with Crippen LogP contribution in [0.2, 0.25) is 0 Å². The molecule has 0 saturated carbocycles. The van der Waals surface area contributed by atoms with Crippen LogP contribution in [0.3, 0.4) is 0 Å². The van der Waals surface area contributed by atoms with Gasteiger partial charge in [-0.2, -0.15) is 0 Å². The fraction of sp³-hybridized carbons (Fsp3) is 0.400. The lowest BCUT2D eigenvalue weighted by atomic mass is 9.97. The number of methoxy groups -OCH3 is 1. The summed E-state index contributed by atoms with van der Waals surface area (Å²) in [5.41, 5.74) is 3.76. The molecule has 2 aliphatic rings. The lowest BCUT2D eigenvalue weighted by molar-refractivity contribution is -0.186. The van der Waals surface area contributed by atoms with Crippen LogP contribution in [-0.2, 0) is 14.2 Å². The summed E-state index contributed by atoms with van der Waals surface area (Å²) in [4.78, 5) is 8.68. The molecule has 2 aliphatic heterocycles. The summed E-state index contributed by atoms with van der Waals surface area (Å²) in [6, 6.07) is 14.1.